The maximum atomic E-state index is 6.38. The number of hydrogen-bond acceptors (Lipinski definition) is 2. The summed E-state index contributed by atoms with van der Waals surface area (Å²) < 4.78 is 5.91. The summed E-state index contributed by atoms with van der Waals surface area (Å²) in [5.41, 5.74) is 10.1. The van der Waals surface area contributed by atoms with Crippen LogP contribution in [0.3, 0.4) is 0 Å². The molecule has 1 heterocycles. The van der Waals surface area contributed by atoms with Gasteiger partial charge in [0.1, 0.15) is 0 Å². The van der Waals surface area contributed by atoms with E-state index in [9.17, 15) is 0 Å². The first-order chi connectivity index (χ1) is 9.74. The van der Waals surface area contributed by atoms with Gasteiger partial charge in [0.05, 0.1) is 12.7 Å². The molecule has 2 aromatic carbocycles. The van der Waals surface area contributed by atoms with E-state index in [2.05, 4.69) is 24.3 Å². The van der Waals surface area contributed by atoms with Gasteiger partial charge in [-0.1, -0.05) is 48.0 Å². The predicted molar refractivity (Wildman–Crippen MR) is 82.0 cm³/mol. The Bertz CT molecular complexity index is 599. The molecule has 2 nitrogen and oxygen atoms in total. The number of hydrogen-bond donors (Lipinski definition) is 1. The second kappa shape index (κ2) is 5.96. The summed E-state index contributed by atoms with van der Waals surface area (Å²) in [4.78, 5) is 0. The second-order valence-electron chi connectivity index (χ2n) is 5.24. The van der Waals surface area contributed by atoms with Gasteiger partial charge >= 0.3 is 0 Å². The van der Waals surface area contributed by atoms with E-state index in [-0.39, 0.29) is 12.1 Å². The van der Waals surface area contributed by atoms with Crippen molar-refractivity contribution in [2.24, 2.45) is 5.73 Å². The molecule has 1 aliphatic heterocycles. The molecule has 0 saturated heterocycles. The summed E-state index contributed by atoms with van der Waals surface area (Å²) in [5.74, 6) is 0. The average Bonchev–Trinajstić information content (AvgIpc) is 2.46. The van der Waals surface area contributed by atoms with Crippen LogP contribution >= 0.6 is 11.6 Å². The Morgan fingerprint density at radius 2 is 2.05 bits per heavy atom. The molecule has 2 atom stereocenters. The van der Waals surface area contributed by atoms with Crippen LogP contribution in [-0.2, 0) is 17.6 Å². The van der Waals surface area contributed by atoms with Crippen LogP contribution in [0, 0.1) is 0 Å². The topological polar surface area (TPSA) is 35.2 Å². The smallest absolute Gasteiger partial charge is 0.0981 e. The molecule has 0 amide bonds. The van der Waals surface area contributed by atoms with Crippen molar-refractivity contribution in [3.05, 3.63) is 70.2 Å². The zero-order valence-electron chi connectivity index (χ0n) is 11.3. The zero-order valence-corrected chi connectivity index (χ0v) is 12.0. The number of rotatable bonds is 3. The quantitative estimate of drug-likeness (QED) is 0.937. The molecular formula is C17H18ClNO. The predicted octanol–water partition coefficient (Wildman–Crippen LogP) is 3.52. The highest BCUT2D eigenvalue weighted by Crippen LogP contribution is 2.30. The van der Waals surface area contributed by atoms with E-state index in [4.69, 9.17) is 22.1 Å². The molecule has 20 heavy (non-hydrogen) atoms. The number of ether oxygens (including phenoxy) is 1. The van der Waals surface area contributed by atoms with Gasteiger partial charge < -0.3 is 10.5 Å². The van der Waals surface area contributed by atoms with Crippen molar-refractivity contribution < 1.29 is 4.74 Å². The van der Waals surface area contributed by atoms with Crippen LogP contribution in [0.25, 0.3) is 0 Å². The number of halogens is 1. The van der Waals surface area contributed by atoms with Crippen molar-refractivity contribution in [3.63, 3.8) is 0 Å². The molecule has 0 bridgehead atoms. The maximum Gasteiger partial charge on any atom is 0.0981 e. The van der Waals surface area contributed by atoms with E-state index in [1.54, 1.807) is 0 Å². The summed E-state index contributed by atoms with van der Waals surface area (Å²) in [7, 11) is 0. The Labute approximate surface area is 124 Å². The van der Waals surface area contributed by atoms with E-state index in [0.717, 1.165) is 30.0 Å². The minimum absolute atomic E-state index is 0.0288. The van der Waals surface area contributed by atoms with E-state index in [1.165, 1.54) is 11.1 Å². The van der Waals surface area contributed by atoms with Gasteiger partial charge in [0, 0.05) is 11.1 Å². The number of nitrogens with two attached hydrogens (primary N) is 1. The lowest BCUT2D eigenvalue weighted by atomic mass is 9.91. The zero-order chi connectivity index (χ0) is 13.9. The van der Waals surface area contributed by atoms with Crippen molar-refractivity contribution in [2.75, 3.05) is 6.61 Å². The summed E-state index contributed by atoms with van der Waals surface area (Å²) >= 11 is 6.02. The third-order valence-electron chi connectivity index (χ3n) is 3.78. The van der Waals surface area contributed by atoms with Crippen LogP contribution in [0.1, 0.15) is 22.8 Å². The Kier molecular flexibility index (Phi) is 4.06. The fraction of sp³-hybridized carbons (Fsp3) is 0.294. The van der Waals surface area contributed by atoms with Crippen LogP contribution in [0.15, 0.2) is 48.5 Å². The Balaban J connectivity index is 1.80. The first kappa shape index (κ1) is 13.6. The maximum absolute atomic E-state index is 6.38. The SMILES string of the molecule is NC(Cc1cccc(Cl)c1)C1OCCc2ccccc21. The highest BCUT2D eigenvalue weighted by atomic mass is 35.5. The van der Waals surface area contributed by atoms with Crippen molar-refractivity contribution in [1.29, 1.82) is 0 Å². The highest BCUT2D eigenvalue weighted by molar-refractivity contribution is 6.30. The van der Waals surface area contributed by atoms with E-state index < -0.39 is 0 Å². The van der Waals surface area contributed by atoms with E-state index >= 15 is 0 Å². The molecule has 2 unspecified atom stereocenters. The van der Waals surface area contributed by atoms with E-state index in [1.807, 2.05) is 24.3 Å². The molecule has 0 aromatic heterocycles. The Morgan fingerprint density at radius 1 is 1.20 bits per heavy atom. The van der Waals surface area contributed by atoms with Crippen molar-refractivity contribution in [3.8, 4) is 0 Å². The van der Waals surface area contributed by atoms with Gasteiger partial charge in [-0.15, -0.1) is 0 Å². The van der Waals surface area contributed by atoms with Gasteiger partial charge in [-0.2, -0.15) is 0 Å². The average molecular weight is 288 g/mol. The monoisotopic (exact) mass is 287 g/mol. The lowest BCUT2D eigenvalue weighted by Crippen LogP contribution is -2.35. The standard InChI is InChI=1S/C17H18ClNO/c18-14-6-3-4-12(10-14)11-16(19)17-15-7-2-1-5-13(15)8-9-20-17/h1-7,10,16-17H,8-9,11,19H2. The van der Waals surface area contributed by atoms with Crippen LogP contribution in [0.4, 0.5) is 0 Å². The molecule has 2 aromatic rings. The van der Waals surface area contributed by atoms with Crippen LogP contribution in [0.2, 0.25) is 5.02 Å². The van der Waals surface area contributed by atoms with Crippen molar-refractivity contribution in [1.82, 2.24) is 0 Å². The van der Waals surface area contributed by atoms with Crippen LogP contribution in [-0.4, -0.2) is 12.6 Å². The Morgan fingerprint density at radius 3 is 2.90 bits per heavy atom. The van der Waals surface area contributed by atoms with Crippen molar-refractivity contribution >= 4 is 11.6 Å². The molecule has 0 saturated carbocycles. The summed E-state index contributed by atoms with van der Waals surface area (Å²) in [6.45, 7) is 0.741. The molecule has 1 aliphatic rings. The van der Waals surface area contributed by atoms with Gasteiger partial charge in [-0.3, -0.25) is 0 Å². The highest BCUT2D eigenvalue weighted by Gasteiger charge is 2.26. The molecule has 104 valence electrons. The van der Waals surface area contributed by atoms with Gasteiger partial charge in [0.15, 0.2) is 0 Å². The number of fused-ring (bicyclic) bond motifs is 1. The summed E-state index contributed by atoms with van der Waals surface area (Å²) in [6.07, 6.45) is 1.70. The minimum atomic E-state index is -0.0603. The summed E-state index contributed by atoms with van der Waals surface area (Å²) in [6, 6.07) is 16.2. The third-order valence-corrected chi connectivity index (χ3v) is 4.01. The molecule has 0 spiro atoms. The third kappa shape index (κ3) is 2.88. The molecule has 2 N–H and O–H groups in total. The number of benzene rings is 2. The Hall–Kier alpha value is -1.35. The first-order valence-corrected chi connectivity index (χ1v) is 7.31. The van der Waals surface area contributed by atoms with Gasteiger partial charge in [0.25, 0.3) is 0 Å². The van der Waals surface area contributed by atoms with Gasteiger partial charge in [0.2, 0.25) is 0 Å². The largest absolute Gasteiger partial charge is 0.372 e. The van der Waals surface area contributed by atoms with Crippen LogP contribution < -0.4 is 5.73 Å². The fourth-order valence-electron chi connectivity index (χ4n) is 2.82. The molecule has 3 heteroatoms. The lowest BCUT2D eigenvalue weighted by molar-refractivity contribution is 0.0246. The first-order valence-electron chi connectivity index (χ1n) is 6.93. The minimum Gasteiger partial charge on any atom is -0.372 e. The molecule has 0 radical (unpaired) electrons. The normalized spacial score (nSPS) is 19.4. The summed E-state index contributed by atoms with van der Waals surface area (Å²) in [5, 5.41) is 0.750. The lowest BCUT2D eigenvalue weighted by Gasteiger charge is -2.30. The van der Waals surface area contributed by atoms with Crippen molar-refractivity contribution in [2.45, 2.75) is 25.0 Å². The molecule has 0 aliphatic carbocycles. The molecule has 3 rings (SSSR count). The molecular weight excluding hydrogens is 270 g/mol. The fourth-order valence-corrected chi connectivity index (χ4v) is 3.04. The van der Waals surface area contributed by atoms with Gasteiger partial charge in [-0.05, 0) is 41.7 Å². The van der Waals surface area contributed by atoms with Gasteiger partial charge in [-0.25, -0.2) is 0 Å². The molecule has 0 fully saturated rings. The van der Waals surface area contributed by atoms with E-state index in [0.29, 0.717) is 0 Å². The second-order valence-corrected chi connectivity index (χ2v) is 5.67. The van der Waals surface area contributed by atoms with Crippen LogP contribution in [0.5, 0.6) is 0 Å².